The number of alkyl halides is 2. The lowest BCUT2D eigenvalue weighted by atomic mass is 9.98. The first-order chi connectivity index (χ1) is 7.20. The summed E-state index contributed by atoms with van der Waals surface area (Å²) in [5, 5.41) is 20.2. The number of hydrogen-bond donors (Lipinski definition) is 2. The van der Waals surface area contributed by atoms with E-state index in [1.54, 1.807) is 0 Å². The van der Waals surface area contributed by atoms with Crippen LogP contribution in [0.3, 0.4) is 0 Å². The van der Waals surface area contributed by atoms with Gasteiger partial charge >= 0.3 is 0 Å². The van der Waals surface area contributed by atoms with Crippen LogP contribution >= 0.6 is 27.5 Å². The highest BCUT2D eigenvalue weighted by atomic mass is 79.9. The molecule has 0 saturated carbocycles. The van der Waals surface area contributed by atoms with Crippen LogP contribution in [-0.4, -0.2) is 22.2 Å². The second-order valence-electron chi connectivity index (χ2n) is 3.32. The van der Waals surface area contributed by atoms with Crippen molar-refractivity contribution in [3.63, 3.8) is 0 Å². The van der Waals surface area contributed by atoms with Gasteiger partial charge in [-0.25, -0.2) is 0 Å². The van der Waals surface area contributed by atoms with E-state index in [-0.39, 0.29) is 0 Å². The first-order valence-corrected chi connectivity index (χ1v) is 6.42. The maximum Gasteiger partial charge on any atom is 0.105 e. The van der Waals surface area contributed by atoms with Gasteiger partial charge in [-0.1, -0.05) is 40.2 Å². The van der Waals surface area contributed by atoms with Gasteiger partial charge < -0.3 is 10.2 Å². The topological polar surface area (TPSA) is 40.5 Å². The number of halogens is 2. The van der Waals surface area contributed by atoms with Gasteiger partial charge in [0.15, 0.2) is 0 Å². The molecule has 0 saturated heterocycles. The van der Waals surface area contributed by atoms with Crippen molar-refractivity contribution in [3.8, 4) is 0 Å². The summed E-state index contributed by atoms with van der Waals surface area (Å²) in [5.74, 6) is 0.342. The second kappa shape index (κ2) is 6.48. The molecule has 84 valence electrons. The van der Waals surface area contributed by atoms with Gasteiger partial charge in [-0.3, -0.25) is 0 Å². The van der Waals surface area contributed by atoms with Crippen molar-refractivity contribution in [1.82, 2.24) is 0 Å². The van der Waals surface area contributed by atoms with E-state index in [1.165, 1.54) is 0 Å². The highest BCUT2D eigenvalue weighted by Gasteiger charge is 2.19. The predicted octanol–water partition coefficient (Wildman–Crippen LogP) is 2.60. The van der Waals surface area contributed by atoms with Crippen molar-refractivity contribution in [2.75, 3.05) is 5.88 Å². The van der Waals surface area contributed by atoms with Gasteiger partial charge in [0.05, 0.1) is 6.10 Å². The number of rotatable bonds is 5. The first kappa shape index (κ1) is 13.0. The summed E-state index contributed by atoms with van der Waals surface area (Å²) in [6.45, 7) is 0. The van der Waals surface area contributed by atoms with E-state index in [4.69, 9.17) is 11.6 Å². The van der Waals surface area contributed by atoms with Crippen molar-refractivity contribution in [3.05, 3.63) is 35.4 Å². The molecule has 0 aliphatic heterocycles. The van der Waals surface area contributed by atoms with Crippen molar-refractivity contribution in [1.29, 1.82) is 0 Å². The van der Waals surface area contributed by atoms with Gasteiger partial charge in [0.2, 0.25) is 0 Å². The Hall–Kier alpha value is -0.0900. The van der Waals surface area contributed by atoms with E-state index in [0.29, 0.717) is 17.6 Å². The van der Waals surface area contributed by atoms with Crippen LogP contribution in [0.4, 0.5) is 0 Å². The zero-order chi connectivity index (χ0) is 11.3. The Morgan fingerprint density at radius 1 is 1.27 bits per heavy atom. The van der Waals surface area contributed by atoms with Crippen LogP contribution in [0.2, 0.25) is 0 Å². The molecule has 2 N–H and O–H groups in total. The molecule has 0 aliphatic rings. The fraction of sp³-hybridized carbons (Fsp3) is 0.455. The van der Waals surface area contributed by atoms with Crippen LogP contribution in [0.1, 0.15) is 23.7 Å². The molecule has 2 nitrogen and oxygen atoms in total. The van der Waals surface area contributed by atoms with Gasteiger partial charge in [0.1, 0.15) is 6.10 Å². The maximum absolute atomic E-state index is 9.90. The van der Waals surface area contributed by atoms with Crippen molar-refractivity contribution in [2.24, 2.45) is 0 Å². The van der Waals surface area contributed by atoms with Gasteiger partial charge in [-0.2, -0.15) is 0 Å². The molecule has 15 heavy (non-hydrogen) atoms. The van der Waals surface area contributed by atoms with Gasteiger partial charge in [0, 0.05) is 11.2 Å². The third-order valence-electron chi connectivity index (χ3n) is 2.29. The molecule has 0 radical (unpaired) electrons. The molecule has 4 heteroatoms. The number of hydrogen-bond acceptors (Lipinski definition) is 2. The summed E-state index contributed by atoms with van der Waals surface area (Å²) in [6.07, 6.45) is -1.28. The lowest BCUT2D eigenvalue weighted by Crippen LogP contribution is -2.19. The highest BCUT2D eigenvalue weighted by Crippen LogP contribution is 2.24. The monoisotopic (exact) mass is 292 g/mol. The van der Waals surface area contributed by atoms with E-state index >= 15 is 0 Å². The SMILES string of the molecule is OC(CCCl)C(O)c1ccccc1CBr. The largest absolute Gasteiger partial charge is 0.390 e. The van der Waals surface area contributed by atoms with Crippen LogP contribution in [0.25, 0.3) is 0 Å². The van der Waals surface area contributed by atoms with Crippen molar-refractivity contribution < 1.29 is 10.2 Å². The second-order valence-corrected chi connectivity index (χ2v) is 4.26. The molecule has 1 aromatic carbocycles. The lowest BCUT2D eigenvalue weighted by Gasteiger charge is -2.19. The van der Waals surface area contributed by atoms with Crippen LogP contribution in [-0.2, 0) is 5.33 Å². The minimum Gasteiger partial charge on any atom is -0.390 e. The minimum absolute atomic E-state index is 0.342. The lowest BCUT2D eigenvalue weighted by molar-refractivity contribution is 0.0166. The summed E-state index contributed by atoms with van der Waals surface area (Å²) in [4.78, 5) is 0. The smallest absolute Gasteiger partial charge is 0.105 e. The maximum atomic E-state index is 9.90. The first-order valence-electron chi connectivity index (χ1n) is 4.76. The summed E-state index contributed by atoms with van der Waals surface area (Å²) in [5.41, 5.74) is 1.74. The highest BCUT2D eigenvalue weighted by molar-refractivity contribution is 9.08. The molecule has 2 unspecified atom stereocenters. The molecular weight excluding hydrogens is 279 g/mol. The van der Waals surface area contributed by atoms with Crippen LogP contribution < -0.4 is 0 Å². The molecule has 0 amide bonds. The Kier molecular flexibility index (Phi) is 5.61. The van der Waals surface area contributed by atoms with E-state index in [9.17, 15) is 10.2 Å². The number of aliphatic hydroxyl groups is 2. The van der Waals surface area contributed by atoms with E-state index in [2.05, 4.69) is 15.9 Å². The molecule has 0 aliphatic carbocycles. The average molecular weight is 294 g/mol. The summed E-state index contributed by atoms with van der Waals surface area (Å²) in [7, 11) is 0. The zero-order valence-corrected chi connectivity index (χ0v) is 10.6. The van der Waals surface area contributed by atoms with Crippen molar-refractivity contribution in [2.45, 2.75) is 24.0 Å². The fourth-order valence-electron chi connectivity index (χ4n) is 1.42. The van der Waals surface area contributed by atoms with Crippen LogP contribution in [0, 0.1) is 0 Å². The Morgan fingerprint density at radius 3 is 2.53 bits per heavy atom. The van der Waals surface area contributed by atoms with Gasteiger partial charge in [-0.05, 0) is 17.5 Å². The summed E-state index contributed by atoms with van der Waals surface area (Å²) in [6, 6.07) is 7.48. The van der Waals surface area contributed by atoms with Gasteiger partial charge in [-0.15, -0.1) is 11.6 Å². The normalized spacial score (nSPS) is 14.9. The predicted molar refractivity (Wildman–Crippen MR) is 65.4 cm³/mol. The van der Waals surface area contributed by atoms with E-state index in [1.807, 2.05) is 24.3 Å². The third kappa shape index (κ3) is 3.45. The molecule has 0 heterocycles. The molecule has 0 spiro atoms. The Morgan fingerprint density at radius 2 is 1.93 bits per heavy atom. The summed E-state index contributed by atoms with van der Waals surface area (Å²) >= 11 is 8.87. The zero-order valence-electron chi connectivity index (χ0n) is 8.24. The molecular formula is C11H14BrClO2. The number of aliphatic hydroxyl groups excluding tert-OH is 2. The molecule has 0 bridgehead atoms. The quantitative estimate of drug-likeness (QED) is 0.819. The summed E-state index contributed by atoms with van der Waals surface area (Å²) < 4.78 is 0. The molecule has 2 atom stereocenters. The Bertz CT molecular complexity index is 306. The third-order valence-corrected chi connectivity index (χ3v) is 3.11. The van der Waals surface area contributed by atoms with Crippen LogP contribution in [0.15, 0.2) is 24.3 Å². The molecule has 1 rings (SSSR count). The average Bonchev–Trinajstić information content (AvgIpc) is 2.28. The standard InChI is InChI=1S/C11H14BrClO2/c12-7-8-3-1-2-4-9(8)11(15)10(14)5-6-13/h1-4,10-11,14-15H,5-7H2. The van der Waals surface area contributed by atoms with Crippen molar-refractivity contribution >= 4 is 27.5 Å². The Labute approximate surface area is 103 Å². The molecule has 1 aromatic rings. The number of benzene rings is 1. The van der Waals surface area contributed by atoms with E-state index < -0.39 is 12.2 Å². The van der Waals surface area contributed by atoms with Gasteiger partial charge in [0.25, 0.3) is 0 Å². The van der Waals surface area contributed by atoms with E-state index in [0.717, 1.165) is 11.1 Å². The molecule has 0 aromatic heterocycles. The Balaban J connectivity index is 2.84. The minimum atomic E-state index is -0.863. The van der Waals surface area contributed by atoms with Crippen LogP contribution in [0.5, 0.6) is 0 Å². The fourth-order valence-corrected chi connectivity index (χ4v) is 2.16. The molecule has 0 fully saturated rings.